The van der Waals surface area contributed by atoms with E-state index >= 15 is 0 Å². The number of nitrogens with one attached hydrogen (secondary N) is 2. The van der Waals surface area contributed by atoms with E-state index in [1.807, 2.05) is 28.0 Å². The number of rotatable bonds is 4. The molecule has 4 amide bonds. The molecule has 2 saturated heterocycles. The highest BCUT2D eigenvalue weighted by Crippen LogP contribution is 2.31. The Hall–Kier alpha value is -4.06. The van der Waals surface area contributed by atoms with Crippen LogP contribution in [0.1, 0.15) is 44.6 Å². The Bertz CT molecular complexity index is 1220. The standard InChI is InChI=1S/C25H28N8O3S/c34-22(19-4-3-8-26-16-19)29-30-23(35)20-17-37-24(28-20)18-6-10-32(11-7-18)25(36)33-14-12-31(13-15-33)21-5-1-2-9-27-21/h1-5,8-9,16-18H,6-7,10-15H2,(H,29,34)(H,30,35). The van der Waals surface area contributed by atoms with Gasteiger partial charge in [-0.05, 0) is 37.1 Å². The second kappa shape index (κ2) is 11.3. The van der Waals surface area contributed by atoms with Gasteiger partial charge in [0.05, 0.1) is 10.6 Å². The molecule has 0 saturated carbocycles. The molecule has 5 heterocycles. The fourth-order valence-electron chi connectivity index (χ4n) is 4.51. The summed E-state index contributed by atoms with van der Waals surface area (Å²) < 4.78 is 0. The van der Waals surface area contributed by atoms with Crippen molar-refractivity contribution in [2.75, 3.05) is 44.2 Å². The Morgan fingerprint density at radius 1 is 0.865 bits per heavy atom. The average molecular weight is 521 g/mol. The number of piperazine rings is 1. The Kier molecular flexibility index (Phi) is 7.54. The van der Waals surface area contributed by atoms with Gasteiger partial charge in [-0.25, -0.2) is 14.8 Å². The Labute approximate surface area is 218 Å². The maximum atomic E-state index is 13.1. The third kappa shape index (κ3) is 5.85. The monoisotopic (exact) mass is 520 g/mol. The van der Waals surface area contributed by atoms with E-state index in [4.69, 9.17) is 0 Å². The van der Waals surface area contributed by atoms with Gasteiger partial charge in [-0.2, -0.15) is 0 Å². The zero-order valence-corrected chi connectivity index (χ0v) is 21.1. The van der Waals surface area contributed by atoms with Crippen LogP contribution in [0.5, 0.6) is 0 Å². The van der Waals surface area contributed by atoms with Crippen LogP contribution in [-0.2, 0) is 0 Å². The van der Waals surface area contributed by atoms with Gasteiger partial charge < -0.3 is 14.7 Å². The Morgan fingerprint density at radius 3 is 2.32 bits per heavy atom. The van der Waals surface area contributed by atoms with Crippen LogP contribution in [0.2, 0.25) is 0 Å². The van der Waals surface area contributed by atoms with E-state index in [2.05, 4.69) is 30.7 Å². The highest BCUT2D eigenvalue weighted by molar-refractivity contribution is 7.09. The van der Waals surface area contributed by atoms with Crippen molar-refractivity contribution in [3.63, 3.8) is 0 Å². The lowest BCUT2D eigenvalue weighted by Crippen LogP contribution is -2.54. The van der Waals surface area contributed by atoms with Crippen molar-refractivity contribution >= 4 is 35.0 Å². The summed E-state index contributed by atoms with van der Waals surface area (Å²) >= 11 is 1.43. The zero-order chi connectivity index (χ0) is 25.6. The molecule has 0 bridgehead atoms. The van der Waals surface area contributed by atoms with Gasteiger partial charge in [-0.15, -0.1) is 11.3 Å². The summed E-state index contributed by atoms with van der Waals surface area (Å²) in [5, 5.41) is 2.57. The van der Waals surface area contributed by atoms with Gasteiger partial charge >= 0.3 is 6.03 Å². The Balaban J connectivity index is 1.07. The van der Waals surface area contributed by atoms with Gasteiger partial charge in [-0.3, -0.25) is 25.4 Å². The number of piperidine rings is 1. The summed E-state index contributed by atoms with van der Waals surface area (Å²) in [6.45, 7) is 4.21. The molecule has 12 heteroatoms. The smallest absolute Gasteiger partial charge is 0.320 e. The van der Waals surface area contributed by atoms with Crippen molar-refractivity contribution < 1.29 is 14.4 Å². The van der Waals surface area contributed by atoms with Crippen LogP contribution >= 0.6 is 11.3 Å². The van der Waals surface area contributed by atoms with Crippen molar-refractivity contribution in [3.8, 4) is 0 Å². The van der Waals surface area contributed by atoms with E-state index in [0.29, 0.717) is 31.7 Å². The molecule has 3 aromatic rings. The summed E-state index contributed by atoms with van der Waals surface area (Å²) in [6, 6.07) is 9.21. The quantitative estimate of drug-likeness (QED) is 0.505. The first-order valence-corrected chi connectivity index (χ1v) is 13.1. The van der Waals surface area contributed by atoms with E-state index in [1.165, 1.54) is 17.5 Å². The van der Waals surface area contributed by atoms with Gasteiger partial charge in [-0.1, -0.05) is 6.07 Å². The number of hydrogen-bond acceptors (Lipinski definition) is 8. The number of hydrogen-bond donors (Lipinski definition) is 2. The maximum absolute atomic E-state index is 13.1. The molecule has 5 rings (SSSR count). The molecular formula is C25H28N8O3S. The van der Waals surface area contributed by atoms with Gasteiger partial charge in [0.2, 0.25) is 0 Å². The van der Waals surface area contributed by atoms with Crippen LogP contribution in [-0.4, -0.2) is 81.9 Å². The summed E-state index contributed by atoms with van der Waals surface area (Å²) in [4.78, 5) is 56.4. The first-order valence-electron chi connectivity index (χ1n) is 12.2. The van der Waals surface area contributed by atoms with Crippen molar-refractivity contribution in [1.82, 2.24) is 35.6 Å². The first-order chi connectivity index (χ1) is 18.1. The summed E-state index contributed by atoms with van der Waals surface area (Å²) in [5.41, 5.74) is 5.38. The van der Waals surface area contributed by atoms with E-state index in [9.17, 15) is 14.4 Å². The van der Waals surface area contributed by atoms with Crippen LogP contribution in [0.3, 0.4) is 0 Å². The number of carbonyl (C=O) groups excluding carboxylic acids is 3. The highest BCUT2D eigenvalue weighted by atomic mass is 32.1. The predicted molar refractivity (Wildman–Crippen MR) is 138 cm³/mol. The molecule has 0 unspecified atom stereocenters. The maximum Gasteiger partial charge on any atom is 0.320 e. The molecule has 0 aliphatic carbocycles. The number of likely N-dealkylation sites (tertiary alicyclic amines) is 1. The first kappa shape index (κ1) is 24.6. The van der Waals surface area contributed by atoms with Crippen LogP contribution < -0.4 is 15.8 Å². The van der Waals surface area contributed by atoms with Crippen LogP contribution in [0, 0.1) is 0 Å². The Morgan fingerprint density at radius 2 is 1.62 bits per heavy atom. The number of pyridine rings is 2. The van der Waals surface area contributed by atoms with Crippen molar-refractivity contribution in [1.29, 1.82) is 0 Å². The van der Waals surface area contributed by atoms with Crippen molar-refractivity contribution in [2.24, 2.45) is 0 Å². The molecule has 2 fully saturated rings. The minimum atomic E-state index is -0.475. The highest BCUT2D eigenvalue weighted by Gasteiger charge is 2.30. The normalized spacial score (nSPS) is 16.4. The largest absolute Gasteiger partial charge is 0.353 e. The van der Waals surface area contributed by atoms with E-state index in [0.717, 1.165) is 36.8 Å². The lowest BCUT2D eigenvalue weighted by atomic mass is 9.98. The van der Waals surface area contributed by atoms with Crippen LogP contribution in [0.25, 0.3) is 0 Å². The molecule has 11 nitrogen and oxygen atoms in total. The number of nitrogens with zero attached hydrogens (tertiary/aromatic N) is 6. The summed E-state index contributed by atoms with van der Waals surface area (Å²) in [5.74, 6) is 0.216. The molecule has 2 aliphatic rings. The summed E-state index contributed by atoms with van der Waals surface area (Å²) in [6.07, 6.45) is 6.37. The molecule has 2 aliphatic heterocycles. The summed E-state index contributed by atoms with van der Waals surface area (Å²) in [7, 11) is 0. The fraction of sp³-hybridized carbons (Fsp3) is 0.360. The molecule has 0 aromatic carbocycles. The number of anilines is 1. The van der Waals surface area contributed by atoms with E-state index in [-0.39, 0.29) is 17.6 Å². The molecule has 0 spiro atoms. The lowest BCUT2D eigenvalue weighted by Gasteiger charge is -2.39. The second-order valence-electron chi connectivity index (χ2n) is 8.93. The molecule has 0 atom stereocenters. The average Bonchev–Trinajstić information content (AvgIpc) is 3.47. The number of aromatic nitrogens is 3. The van der Waals surface area contributed by atoms with Crippen LogP contribution in [0.15, 0.2) is 54.3 Å². The minimum absolute atomic E-state index is 0.0858. The van der Waals surface area contributed by atoms with E-state index < -0.39 is 11.8 Å². The fourth-order valence-corrected chi connectivity index (χ4v) is 5.48. The van der Waals surface area contributed by atoms with Crippen molar-refractivity contribution in [2.45, 2.75) is 18.8 Å². The number of urea groups is 1. The van der Waals surface area contributed by atoms with E-state index in [1.54, 1.807) is 29.9 Å². The second-order valence-corrected chi connectivity index (χ2v) is 9.82. The zero-order valence-electron chi connectivity index (χ0n) is 20.2. The number of amides is 4. The molecule has 0 radical (unpaired) electrons. The number of hydrazine groups is 1. The SMILES string of the molecule is O=C(NNC(=O)c1csc(C2CCN(C(=O)N3CCN(c4ccccn4)CC3)CC2)n1)c1cccnc1. The minimum Gasteiger partial charge on any atom is -0.353 e. The molecule has 3 aromatic heterocycles. The van der Waals surface area contributed by atoms with Gasteiger partial charge in [0.1, 0.15) is 11.5 Å². The third-order valence-corrected chi connectivity index (χ3v) is 7.61. The molecular weight excluding hydrogens is 492 g/mol. The number of thiazole rings is 1. The molecule has 37 heavy (non-hydrogen) atoms. The third-order valence-electron chi connectivity index (χ3n) is 6.61. The van der Waals surface area contributed by atoms with Gasteiger partial charge in [0, 0.05) is 69.2 Å². The molecule has 2 N–H and O–H groups in total. The van der Waals surface area contributed by atoms with Gasteiger partial charge in [0.25, 0.3) is 11.8 Å². The van der Waals surface area contributed by atoms with Gasteiger partial charge in [0.15, 0.2) is 0 Å². The number of carbonyl (C=O) groups is 3. The predicted octanol–water partition coefficient (Wildman–Crippen LogP) is 2.13. The van der Waals surface area contributed by atoms with Crippen molar-refractivity contribution in [3.05, 3.63) is 70.6 Å². The van der Waals surface area contributed by atoms with Crippen LogP contribution in [0.4, 0.5) is 10.6 Å². The molecule has 192 valence electrons. The topological polar surface area (TPSA) is 124 Å². The lowest BCUT2D eigenvalue weighted by molar-refractivity contribution is 0.0844.